The molecule has 5 nitrogen and oxygen atoms in total. The number of benzene rings is 1. The minimum atomic E-state index is -0.113. The van der Waals surface area contributed by atoms with Gasteiger partial charge in [-0.05, 0) is 44.2 Å². The van der Waals surface area contributed by atoms with Crippen LogP contribution in [-0.4, -0.2) is 54.3 Å². The number of hydrogen-bond acceptors (Lipinski definition) is 3. The third-order valence-electron chi connectivity index (χ3n) is 5.39. The summed E-state index contributed by atoms with van der Waals surface area (Å²) in [4.78, 5) is 29.1. The highest BCUT2D eigenvalue weighted by atomic mass is 16.2. The Bertz CT molecular complexity index is 612. The summed E-state index contributed by atoms with van der Waals surface area (Å²) in [6.45, 7) is 8.10. The van der Waals surface area contributed by atoms with Crippen molar-refractivity contribution in [2.45, 2.75) is 46.1 Å². The van der Waals surface area contributed by atoms with Crippen molar-refractivity contribution in [2.24, 2.45) is 17.6 Å². The number of amides is 2. The smallest absolute Gasteiger partial charge is 0.253 e. The summed E-state index contributed by atoms with van der Waals surface area (Å²) in [7, 11) is 1.84. The van der Waals surface area contributed by atoms with E-state index in [4.69, 9.17) is 5.73 Å². The average molecular weight is 360 g/mol. The largest absolute Gasteiger partial charge is 0.345 e. The van der Waals surface area contributed by atoms with Crippen LogP contribution >= 0.6 is 0 Å². The number of hydrogen-bond donors (Lipinski definition) is 1. The van der Waals surface area contributed by atoms with E-state index in [1.165, 1.54) is 0 Å². The number of carbonyl (C=O) groups is 2. The number of aryl methyl sites for hydroxylation is 1. The van der Waals surface area contributed by atoms with E-state index in [0.29, 0.717) is 24.6 Å². The van der Waals surface area contributed by atoms with Gasteiger partial charge < -0.3 is 15.5 Å². The summed E-state index contributed by atoms with van der Waals surface area (Å²) in [5, 5.41) is 0. The summed E-state index contributed by atoms with van der Waals surface area (Å²) in [5.41, 5.74) is 7.92. The average Bonchev–Trinajstić information content (AvgIpc) is 2.65. The number of nitrogens with two attached hydrogens (primary N) is 1. The lowest BCUT2D eigenvalue weighted by Crippen LogP contribution is -2.46. The molecule has 0 aromatic heterocycles. The first kappa shape index (κ1) is 20.4. The Kier molecular flexibility index (Phi) is 7.21. The van der Waals surface area contributed by atoms with Gasteiger partial charge in [-0.2, -0.15) is 0 Å². The Morgan fingerprint density at radius 3 is 2.54 bits per heavy atom. The first-order valence-electron chi connectivity index (χ1n) is 9.66. The van der Waals surface area contributed by atoms with Gasteiger partial charge in [-0.3, -0.25) is 9.59 Å². The van der Waals surface area contributed by atoms with Crippen molar-refractivity contribution in [3.63, 3.8) is 0 Å². The molecule has 1 aromatic rings. The molecule has 0 saturated carbocycles. The van der Waals surface area contributed by atoms with Crippen LogP contribution in [0.3, 0.4) is 0 Å². The molecule has 2 rings (SSSR count). The zero-order valence-electron chi connectivity index (χ0n) is 16.6. The number of carbonyl (C=O) groups excluding carboxylic acids is 2. The summed E-state index contributed by atoms with van der Waals surface area (Å²) >= 11 is 0. The molecule has 144 valence electrons. The fourth-order valence-corrected chi connectivity index (χ4v) is 3.34. The molecule has 26 heavy (non-hydrogen) atoms. The zero-order chi connectivity index (χ0) is 19.3. The summed E-state index contributed by atoms with van der Waals surface area (Å²) < 4.78 is 0. The molecule has 0 radical (unpaired) electrons. The van der Waals surface area contributed by atoms with Crippen LogP contribution in [0.15, 0.2) is 24.3 Å². The molecule has 0 spiro atoms. The predicted molar refractivity (Wildman–Crippen MR) is 105 cm³/mol. The second-order valence-electron chi connectivity index (χ2n) is 7.91. The van der Waals surface area contributed by atoms with Gasteiger partial charge in [0.05, 0.1) is 5.92 Å². The van der Waals surface area contributed by atoms with E-state index in [9.17, 15) is 9.59 Å². The van der Waals surface area contributed by atoms with E-state index in [2.05, 4.69) is 13.8 Å². The first-order valence-corrected chi connectivity index (χ1v) is 9.66. The van der Waals surface area contributed by atoms with Gasteiger partial charge in [-0.25, -0.2) is 0 Å². The maximum Gasteiger partial charge on any atom is 0.253 e. The fraction of sp³-hybridized carbons (Fsp3) is 0.619. The number of likely N-dealkylation sites (tertiary alicyclic amines) is 1. The Balaban J connectivity index is 1.93. The van der Waals surface area contributed by atoms with Gasteiger partial charge >= 0.3 is 0 Å². The summed E-state index contributed by atoms with van der Waals surface area (Å²) in [5.74, 6) is 0.448. The minimum Gasteiger partial charge on any atom is -0.345 e. The summed E-state index contributed by atoms with van der Waals surface area (Å²) in [6.07, 6.45) is 2.52. The van der Waals surface area contributed by atoms with E-state index < -0.39 is 0 Å². The molecule has 1 aromatic carbocycles. The standard InChI is InChI=1S/C21H33N3O2/c1-15(2)19(22)11-13-23(4)20(25)18-6-5-12-24(14-18)21(26)17-9-7-16(3)8-10-17/h7-10,15,18-19H,5-6,11-14,22H2,1-4H3. The Morgan fingerprint density at radius 2 is 1.92 bits per heavy atom. The molecular formula is C21H33N3O2. The SMILES string of the molecule is Cc1ccc(C(=O)N2CCCC(C(=O)N(C)CCC(N)C(C)C)C2)cc1. The van der Waals surface area contributed by atoms with Crippen LogP contribution < -0.4 is 5.73 Å². The van der Waals surface area contributed by atoms with E-state index in [1.807, 2.05) is 43.1 Å². The third-order valence-corrected chi connectivity index (χ3v) is 5.39. The van der Waals surface area contributed by atoms with Crippen molar-refractivity contribution in [1.29, 1.82) is 0 Å². The highest BCUT2D eigenvalue weighted by Gasteiger charge is 2.30. The molecule has 1 saturated heterocycles. The quantitative estimate of drug-likeness (QED) is 0.849. The third kappa shape index (κ3) is 5.31. The van der Waals surface area contributed by atoms with Gasteiger partial charge in [0.1, 0.15) is 0 Å². The van der Waals surface area contributed by atoms with E-state index in [-0.39, 0.29) is 23.8 Å². The lowest BCUT2D eigenvalue weighted by molar-refractivity contribution is -0.135. The second-order valence-corrected chi connectivity index (χ2v) is 7.91. The van der Waals surface area contributed by atoms with Crippen LogP contribution in [0.1, 0.15) is 49.0 Å². The Labute approximate surface area is 157 Å². The van der Waals surface area contributed by atoms with Crippen LogP contribution in [0.25, 0.3) is 0 Å². The predicted octanol–water partition coefficient (Wildman–Crippen LogP) is 2.68. The molecule has 2 atom stereocenters. The molecule has 0 aliphatic carbocycles. The van der Waals surface area contributed by atoms with Crippen molar-refractivity contribution < 1.29 is 9.59 Å². The lowest BCUT2D eigenvalue weighted by Gasteiger charge is -2.34. The van der Waals surface area contributed by atoms with Gasteiger partial charge in [0.25, 0.3) is 5.91 Å². The monoisotopic (exact) mass is 359 g/mol. The number of piperidine rings is 1. The van der Waals surface area contributed by atoms with E-state index in [1.54, 1.807) is 4.90 Å². The van der Waals surface area contributed by atoms with Crippen LogP contribution in [0.5, 0.6) is 0 Å². The van der Waals surface area contributed by atoms with Crippen molar-refractivity contribution in [2.75, 3.05) is 26.7 Å². The molecule has 2 unspecified atom stereocenters. The van der Waals surface area contributed by atoms with Gasteiger partial charge in [0, 0.05) is 38.3 Å². The van der Waals surface area contributed by atoms with Crippen molar-refractivity contribution in [3.05, 3.63) is 35.4 Å². The van der Waals surface area contributed by atoms with Crippen LogP contribution in [0.4, 0.5) is 0 Å². The molecular weight excluding hydrogens is 326 g/mol. The normalized spacial score (nSPS) is 18.7. The van der Waals surface area contributed by atoms with E-state index >= 15 is 0 Å². The first-order chi connectivity index (χ1) is 12.3. The lowest BCUT2D eigenvalue weighted by atomic mass is 9.95. The molecule has 0 bridgehead atoms. The maximum absolute atomic E-state index is 12.8. The number of rotatable bonds is 6. The summed E-state index contributed by atoms with van der Waals surface area (Å²) in [6, 6.07) is 7.73. The van der Waals surface area contributed by atoms with Gasteiger partial charge in [-0.15, -0.1) is 0 Å². The molecule has 1 fully saturated rings. The van der Waals surface area contributed by atoms with E-state index in [0.717, 1.165) is 31.4 Å². The van der Waals surface area contributed by atoms with Crippen molar-refractivity contribution >= 4 is 11.8 Å². The minimum absolute atomic E-state index is 0.0204. The molecule has 5 heteroatoms. The molecule has 2 amide bonds. The topological polar surface area (TPSA) is 66.6 Å². The molecule has 1 aliphatic heterocycles. The van der Waals surface area contributed by atoms with Crippen molar-refractivity contribution in [3.8, 4) is 0 Å². The van der Waals surface area contributed by atoms with Crippen molar-refractivity contribution in [1.82, 2.24) is 9.80 Å². The van der Waals surface area contributed by atoms with Gasteiger partial charge in [-0.1, -0.05) is 31.5 Å². The number of nitrogens with zero attached hydrogens (tertiary/aromatic N) is 2. The Morgan fingerprint density at radius 1 is 1.27 bits per heavy atom. The fourth-order valence-electron chi connectivity index (χ4n) is 3.34. The highest BCUT2D eigenvalue weighted by molar-refractivity contribution is 5.94. The van der Waals surface area contributed by atoms with Gasteiger partial charge in [0.15, 0.2) is 0 Å². The highest BCUT2D eigenvalue weighted by Crippen LogP contribution is 2.21. The van der Waals surface area contributed by atoms with Crippen LogP contribution in [0, 0.1) is 18.8 Å². The van der Waals surface area contributed by atoms with Crippen LogP contribution in [-0.2, 0) is 4.79 Å². The molecule has 1 heterocycles. The van der Waals surface area contributed by atoms with Gasteiger partial charge in [0.2, 0.25) is 5.91 Å². The second kappa shape index (κ2) is 9.17. The van der Waals surface area contributed by atoms with Crippen LogP contribution in [0.2, 0.25) is 0 Å². The maximum atomic E-state index is 12.8. The Hall–Kier alpha value is -1.88. The molecule has 1 aliphatic rings. The zero-order valence-corrected chi connectivity index (χ0v) is 16.6. The molecule has 2 N–H and O–H groups in total.